The number of hydrogen-bond donors (Lipinski definition) is 0. The molecule has 0 saturated carbocycles. The van der Waals surface area contributed by atoms with Crippen molar-refractivity contribution >= 4 is 37.2 Å². The van der Waals surface area contributed by atoms with E-state index in [0.29, 0.717) is 11.0 Å². The third-order valence-corrected chi connectivity index (χ3v) is 4.19. The van der Waals surface area contributed by atoms with Crippen LogP contribution in [0.1, 0.15) is 10.4 Å². The van der Waals surface area contributed by atoms with Gasteiger partial charge >= 0.3 is 0 Å². The molecule has 0 aliphatic carbocycles. The zero-order chi connectivity index (χ0) is 16.5. The van der Waals surface area contributed by atoms with Crippen LogP contribution < -0.4 is 0 Å². The van der Waals surface area contributed by atoms with Crippen molar-refractivity contribution in [2.24, 2.45) is 0 Å². The average molecular weight is 368 g/mol. The van der Waals surface area contributed by atoms with Crippen molar-refractivity contribution in [3.8, 4) is 0 Å². The lowest BCUT2D eigenvalue weighted by Gasteiger charge is -2.18. The molecule has 0 spiro atoms. The van der Waals surface area contributed by atoms with E-state index >= 15 is 0 Å². The zero-order valence-corrected chi connectivity index (χ0v) is 12.5. The quantitative estimate of drug-likeness (QED) is 0.467. The summed E-state index contributed by atoms with van der Waals surface area (Å²) < 4.78 is 73.6. The lowest BCUT2D eigenvalue weighted by molar-refractivity contribution is 0.0619. The first kappa shape index (κ1) is 18.0. The first-order valence-corrected chi connectivity index (χ1v) is 7.81. The van der Waals surface area contributed by atoms with Gasteiger partial charge in [-0.15, -0.1) is 0 Å². The Bertz CT molecular complexity index is 681. The summed E-state index contributed by atoms with van der Waals surface area (Å²) in [6.07, 6.45) is -2.88. The molecule has 1 rings (SSSR count). The Morgan fingerprint density at radius 3 is 2.33 bits per heavy atom. The molecule has 1 amide bonds. The zero-order valence-electron chi connectivity index (χ0n) is 10.2. The predicted molar refractivity (Wildman–Crippen MR) is 67.4 cm³/mol. The van der Waals surface area contributed by atoms with Gasteiger partial charge in [-0.1, -0.05) is 11.6 Å². The molecule has 21 heavy (non-hydrogen) atoms. The highest BCUT2D eigenvalue weighted by molar-refractivity contribution is 8.13. The van der Waals surface area contributed by atoms with Gasteiger partial charge in [-0.05, 0) is 6.07 Å². The summed E-state index contributed by atoms with van der Waals surface area (Å²) in [5, 5.41) is -0.977. The maximum absolute atomic E-state index is 13.4. The van der Waals surface area contributed by atoms with Crippen LogP contribution in [0.4, 0.5) is 17.6 Å². The van der Waals surface area contributed by atoms with E-state index in [4.69, 9.17) is 22.3 Å². The third kappa shape index (κ3) is 3.98. The first-order chi connectivity index (χ1) is 9.46. The maximum Gasteiger partial charge on any atom is 0.265 e. The Kier molecular flexibility index (Phi) is 5.46. The van der Waals surface area contributed by atoms with Gasteiger partial charge in [0.2, 0.25) is 0 Å². The fourth-order valence-corrected chi connectivity index (χ4v) is 3.16. The maximum atomic E-state index is 13.4. The molecule has 0 aromatic heterocycles. The summed E-state index contributed by atoms with van der Waals surface area (Å²) in [7, 11) is 1.09. The highest BCUT2D eigenvalue weighted by Crippen LogP contribution is 2.33. The SMILES string of the molecule is CN(CC(F)F)C(=O)c1cc(F)c(F)c(S(=O)(=O)Cl)c1Cl. The molecule has 0 N–H and O–H groups in total. The monoisotopic (exact) mass is 367 g/mol. The second-order valence-electron chi connectivity index (χ2n) is 3.88. The van der Waals surface area contributed by atoms with Gasteiger partial charge in [0.15, 0.2) is 11.6 Å². The molecule has 0 saturated heterocycles. The molecule has 0 unspecified atom stereocenters. The molecule has 1 aromatic carbocycles. The van der Waals surface area contributed by atoms with Crippen LogP contribution in [0.3, 0.4) is 0 Å². The molecule has 0 radical (unpaired) electrons. The van der Waals surface area contributed by atoms with Crippen LogP contribution in [0.25, 0.3) is 0 Å². The first-order valence-electron chi connectivity index (χ1n) is 5.12. The van der Waals surface area contributed by atoms with E-state index in [2.05, 4.69) is 0 Å². The Morgan fingerprint density at radius 1 is 1.38 bits per heavy atom. The third-order valence-electron chi connectivity index (χ3n) is 2.35. The number of amides is 1. The van der Waals surface area contributed by atoms with Gasteiger partial charge in [-0.25, -0.2) is 26.0 Å². The molecule has 11 heteroatoms. The van der Waals surface area contributed by atoms with Crippen molar-refractivity contribution < 1.29 is 30.8 Å². The lowest BCUT2D eigenvalue weighted by atomic mass is 10.2. The molecule has 0 aliphatic heterocycles. The Balaban J connectivity index is 3.46. The fourth-order valence-electron chi connectivity index (χ4n) is 1.45. The standard InChI is InChI=1S/C10H7Cl2F4NO3S/c1-17(3-6(14)15)10(18)4-2-5(13)8(16)9(7(4)11)21(12,19)20/h2,6H,3H2,1H3. The molecular weight excluding hydrogens is 361 g/mol. The summed E-state index contributed by atoms with van der Waals surface area (Å²) in [6, 6.07) is 0.313. The summed E-state index contributed by atoms with van der Waals surface area (Å²) >= 11 is 5.54. The average Bonchev–Trinajstić information content (AvgIpc) is 2.30. The number of alkyl halides is 2. The van der Waals surface area contributed by atoms with Gasteiger partial charge in [0.05, 0.1) is 17.1 Å². The molecule has 0 aliphatic rings. The van der Waals surface area contributed by atoms with Crippen LogP contribution in [0.5, 0.6) is 0 Å². The van der Waals surface area contributed by atoms with Crippen LogP contribution in [0, 0.1) is 11.6 Å². The number of carbonyl (C=O) groups excluding carboxylic acids is 1. The second-order valence-corrected chi connectivity index (χ2v) is 6.76. The molecule has 0 atom stereocenters. The van der Waals surface area contributed by atoms with Gasteiger partial charge in [0.25, 0.3) is 21.4 Å². The largest absolute Gasteiger partial charge is 0.336 e. The highest BCUT2D eigenvalue weighted by atomic mass is 35.7. The van der Waals surface area contributed by atoms with Gasteiger partial charge < -0.3 is 4.90 Å². The van der Waals surface area contributed by atoms with E-state index in [9.17, 15) is 30.8 Å². The van der Waals surface area contributed by atoms with Crippen LogP contribution in [-0.4, -0.2) is 39.2 Å². The van der Waals surface area contributed by atoms with E-state index < -0.39 is 55.0 Å². The van der Waals surface area contributed by atoms with E-state index in [-0.39, 0.29) is 0 Å². The van der Waals surface area contributed by atoms with Crippen LogP contribution in [-0.2, 0) is 9.05 Å². The van der Waals surface area contributed by atoms with Gasteiger partial charge in [0.1, 0.15) is 4.90 Å². The lowest BCUT2D eigenvalue weighted by Crippen LogP contribution is -2.31. The molecule has 118 valence electrons. The summed E-state index contributed by atoms with van der Waals surface area (Å²) in [6.45, 7) is -1.00. The number of hydrogen-bond acceptors (Lipinski definition) is 3. The minimum Gasteiger partial charge on any atom is -0.336 e. The molecule has 1 aromatic rings. The topological polar surface area (TPSA) is 54.5 Å². The van der Waals surface area contributed by atoms with Crippen molar-refractivity contribution in [2.45, 2.75) is 11.3 Å². The van der Waals surface area contributed by atoms with Crippen LogP contribution >= 0.6 is 22.3 Å². The second kappa shape index (κ2) is 6.37. The van der Waals surface area contributed by atoms with Gasteiger partial charge in [0, 0.05) is 17.7 Å². The van der Waals surface area contributed by atoms with E-state index in [0.717, 1.165) is 7.05 Å². The van der Waals surface area contributed by atoms with Crippen molar-refractivity contribution in [2.75, 3.05) is 13.6 Å². The number of nitrogens with zero attached hydrogens (tertiary/aromatic N) is 1. The molecule has 0 fully saturated rings. The highest BCUT2D eigenvalue weighted by Gasteiger charge is 2.30. The number of rotatable bonds is 4. The molecular formula is C10H7Cl2F4NO3S. The van der Waals surface area contributed by atoms with Crippen LogP contribution in [0.2, 0.25) is 5.02 Å². The number of halogens is 6. The summed E-state index contributed by atoms with van der Waals surface area (Å²) in [4.78, 5) is 10.9. The molecule has 0 heterocycles. The van der Waals surface area contributed by atoms with E-state index in [1.54, 1.807) is 0 Å². The van der Waals surface area contributed by atoms with E-state index in [1.165, 1.54) is 0 Å². The Hall–Kier alpha value is -1.06. The van der Waals surface area contributed by atoms with Gasteiger partial charge in [-0.2, -0.15) is 0 Å². The molecule has 4 nitrogen and oxygen atoms in total. The van der Waals surface area contributed by atoms with Gasteiger partial charge in [-0.3, -0.25) is 4.79 Å². The minimum absolute atomic E-state index is 0.313. The fraction of sp³-hybridized carbons (Fsp3) is 0.300. The molecule has 0 bridgehead atoms. The van der Waals surface area contributed by atoms with Crippen LogP contribution in [0.15, 0.2) is 11.0 Å². The number of benzene rings is 1. The summed E-state index contributed by atoms with van der Waals surface area (Å²) in [5.41, 5.74) is -0.794. The van der Waals surface area contributed by atoms with Crippen molar-refractivity contribution in [1.29, 1.82) is 0 Å². The Labute approximate surface area is 126 Å². The predicted octanol–water partition coefficient (Wildman–Crippen LogP) is 2.88. The minimum atomic E-state index is -4.79. The normalized spacial score (nSPS) is 11.8. The summed E-state index contributed by atoms with van der Waals surface area (Å²) in [5.74, 6) is -4.77. The smallest absolute Gasteiger partial charge is 0.265 e. The van der Waals surface area contributed by atoms with E-state index in [1.807, 2.05) is 0 Å². The van der Waals surface area contributed by atoms with Crippen molar-refractivity contribution in [3.05, 3.63) is 28.3 Å². The van der Waals surface area contributed by atoms with Crippen molar-refractivity contribution in [3.63, 3.8) is 0 Å². The Morgan fingerprint density at radius 2 is 1.90 bits per heavy atom. The number of carbonyl (C=O) groups is 1. The van der Waals surface area contributed by atoms with Crippen molar-refractivity contribution in [1.82, 2.24) is 4.90 Å².